The van der Waals surface area contributed by atoms with Crippen molar-refractivity contribution in [3.8, 4) is 0 Å². The minimum absolute atomic E-state index is 0.615. The van der Waals surface area contributed by atoms with Gasteiger partial charge < -0.3 is 5.73 Å². The topological polar surface area (TPSA) is 26.0 Å². The lowest BCUT2D eigenvalue weighted by Crippen LogP contribution is -1.85. The molecule has 0 amide bonds. The van der Waals surface area contributed by atoms with E-state index in [1.165, 1.54) is 0 Å². The second-order valence-electron chi connectivity index (χ2n) is 2.28. The molecule has 0 atom stereocenters. The van der Waals surface area contributed by atoms with E-state index in [1.54, 1.807) is 11.8 Å². The number of rotatable bonds is 3. The fourth-order valence-corrected chi connectivity index (χ4v) is 1.67. The molecule has 0 aliphatic heterocycles. The van der Waals surface area contributed by atoms with Gasteiger partial charge in [0.25, 0.3) is 0 Å². The summed E-state index contributed by atoms with van der Waals surface area (Å²) in [6, 6.07) is 5.63. The molecule has 0 bridgehead atoms. The van der Waals surface area contributed by atoms with Crippen LogP contribution in [0.15, 0.2) is 35.7 Å². The molecule has 0 saturated heterocycles. The fraction of sp³-hybridized carbons (Fsp3) is 0.111. The Hall–Kier alpha value is -0.600. The summed E-state index contributed by atoms with van der Waals surface area (Å²) >= 11 is 7.51. The predicted octanol–water partition coefficient (Wildman–Crippen LogP) is 3.20. The van der Waals surface area contributed by atoms with E-state index >= 15 is 0 Å². The van der Waals surface area contributed by atoms with E-state index in [1.807, 2.05) is 24.3 Å². The van der Waals surface area contributed by atoms with Gasteiger partial charge in [0, 0.05) is 10.6 Å². The van der Waals surface area contributed by atoms with Gasteiger partial charge in [-0.25, -0.2) is 0 Å². The van der Waals surface area contributed by atoms with Crippen molar-refractivity contribution < 1.29 is 0 Å². The molecule has 64 valence electrons. The second-order valence-corrected chi connectivity index (χ2v) is 3.78. The van der Waals surface area contributed by atoms with Crippen molar-refractivity contribution in [1.29, 1.82) is 0 Å². The van der Waals surface area contributed by atoms with Crippen LogP contribution in [-0.4, -0.2) is 5.75 Å². The first-order valence-electron chi connectivity index (χ1n) is 3.52. The number of benzene rings is 1. The van der Waals surface area contributed by atoms with E-state index in [2.05, 4.69) is 6.58 Å². The highest BCUT2D eigenvalue weighted by atomic mass is 35.5. The summed E-state index contributed by atoms with van der Waals surface area (Å²) in [6.07, 6.45) is 1.86. The Kier molecular flexibility index (Phi) is 3.50. The van der Waals surface area contributed by atoms with E-state index in [9.17, 15) is 0 Å². The van der Waals surface area contributed by atoms with Crippen molar-refractivity contribution in [3.05, 3.63) is 35.9 Å². The lowest BCUT2D eigenvalue weighted by atomic mass is 10.3. The van der Waals surface area contributed by atoms with Crippen LogP contribution in [0, 0.1) is 0 Å². The minimum atomic E-state index is 0.615. The zero-order chi connectivity index (χ0) is 8.97. The zero-order valence-corrected chi connectivity index (χ0v) is 8.16. The first-order valence-corrected chi connectivity index (χ1v) is 4.89. The molecule has 0 aliphatic rings. The van der Waals surface area contributed by atoms with Crippen molar-refractivity contribution in [1.82, 2.24) is 0 Å². The first kappa shape index (κ1) is 9.49. The van der Waals surface area contributed by atoms with Gasteiger partial charge in [-0.1, -0.05) is 17.7 Å². The number of nitrogen functional groups attached to an aromatic ring is 1. The van der Waals surface area contributed by atoms with Gasteiger partial charge in [-0.15, -0.1) is 18.3 Å². The Bertz CT molecular complexity index is 286. The largest absolute Gasteiger partial charge is 0.398 e. The molecule has 0 saturated carbocycles. The summed E-state index contributed by atoms with van der Waals surface area (Å²) in [4.78, 5) is 1.12. The maximum atomic E-state index is 5.83. The molecular formula is C9H10ClNS. The molecule has 1 nitrogen and oxygen atoms in total. The number of nitrogens with two attached hydrogens (primary N) is 1. The summed E-state index contributed by atoms with van der Waals surface area (Å²) in [6.45, 7) is 3.64. The van der Waals surface area contributed by atoms with Gasteiger partial charge in [0.05, 0.1) is 10.7 Å². The highest BCUT2D eigenvalue weighted by Crippen LogP contribution is 2.26. The number of thioether (sulfide) groups is 1. The Balaban J connectivity index is 2.75. The minimum Gasteiger partial charge on any atom is -0.398 e. The van der Waals surface area contributed by atoms with E-state index in [0.717, 1.165) is 10.6 Å². The molecule has 0 unspecified atom stereocenters. The maximum Gasteiger partial charge on any atom is 0.0646 e. The van der Waals surface area contributed by atoms with E-state index in [-0.39, 0.29) is 0 Å². The van der Waals surface area contributed by atoms with Crippen LogP contribution in [0.2, 0.25) is 5.02 Å². The molecule has 12 heavy (non-hydrogen) atoms. The van der Waals surface area contributed by atoms with Crippen molar-refractivity contribution in [2.24, 2.45) is 0 Å². The molecule has 0 spiro atoms. The SMILES string of the molecule is C=CCSc1ccc(N)c(Cl)c1. The molecule has 0 fully saturated rings. The van der Waals surface area contributed by atoms with Gasteiger partial charge in [0.1, 0.15) is 0 Å². The summed E-state index contributed by atoms with van der Waals surface area (Å²) in [5, 5.41) is 0.615. The van der Waals surface area contributed by atoms with Crippen LogP contribution in [0.1, 0.15) is 0 Å². The molecule has 0 heterocycles. The van der Waals surface area contributed by atoms with Gasteiger partial charge in [-0.05, 0) is 18.2 Å². The molecule has 0 aromatic heterocycles. The fourth-order valence-electron chi connectivity index (χ4n) is 0.753. The molecule has 1 aromatic carbocycles. The van der Waals surface area contributed by atoms with Crippen LogP contribution in [0.4, 0.5) is 5.69 Å². The molecule has 0 aliphatic carbocycles. The lowest BCUT2D eigenvalue weighted by Gasteiger charge is -2.01. The van der Waals surface area contributed by atoms with E-state index < -0.39 is 0 Å². The monoisotopic (exact) mass is 199 g/mol. The Labute approximate surface area is 81.6 Å². The number of anilines is 1. The highest BCUT2D eigenvalue weighted by Gasteiger charge is 1.97. The highest BCUT2D eigenvalue weighted by molar-refractivity contribution is 7.99. The average Bonchev–Trinajstić information content (AvgIpc) is 2.07. The smallest absolute Gasteiger partial charge is 0.0646 e. The van der Waals surface area contributed by atoms with Crippen LogP contribution >= 0.6 is 23.4 Å². The van der Waals surface area contributed by atoms with Gasteiger partial charge in [-0.2, -0.15) is 0 Å². The molecule has 0 radical (unpaired) electrons. The normalized spacial score (nSPS) is 9.75. The van der Waals surface area contributed by atoms with Gasteiger partial charge >= 0.3 is 0 Å². The number of hydrogen-bond donors (Lipinski definition) is 1. The maximum absolute atomic E-state index is 5.83. The molecule has 3 heteroatoms. The van der Waals surface area contributed by atoms with Gasteiger partial charge in [0.15, 0.2) is 0 Å². The molecular weight excluding hydrogens is 190 g/mol. The van der Waals surface area contributed by atoms with Crippen LogP contribution in [0.3, 0.4) is 0 Å². The van der Waals surface area contributed by atoms with Crippen LogP contribution in [0.5, 0.6) is 0 Å². The summed E-state index contributed by atoms with van der Waals surface area (Å²) in [7, 11) is 0. The third-order valence-corrected chi connectivity index (χ3v) is 2.66. The van der Waals surface area contributed by atoms with Crippen LogP contribution < -0.4 is 5.73 Å². The summed E-state index contributed by atoms with van der Waals surface area (Å²) in [5.41, 5.74) is 6.18. The standard InChI is InChI=1S/C9H10ClNS/c1-2-5-12-7-3-4-9(11)8(10)6-7/h2-4,6H,1,5,11H2. The quantitative estimate of drug-likeness (QED) is 0.460. The average molecular weight is 200 g/mol. The van der Waals surface area contributed by atoms with Crippen molar-refractivity contribution in [2.45, 2.75) is 4.90 Å². The second kappa shape index (κ2) is 4.43. The molecule has 1 rings (SSSR count). The number of hydrogen-bond acceptors (Lipinski definition) is 2. The van der Waals surface area contributed by atoms with Crippen molar-refractivity contribution in [2.75, 3.05) is 11.5 Å². The van der Waals surface area contributed by atoms with Crippen molar-refractivity contribution in [3.63, 3.8) is 0 Å². The van der Waals surface area contributed by atoms with Crippen LogP contribution in [-0.2, 0) is 0 Å². The molecule has 2 N–H and O–H groups in total. The van der Waals surface area contributed by atoms with Crippen LogP contribution in [0.25, 0.3) is 0 Å². The zero-order valence-electron chi connectivity index (χ0n) is 6.59. The van der Waals surface area contributed by atoms with Crippen molar-refractivity contribution >= 4 is 29.1 Å². The number of halogens is 1. The third kappa shape index (κ3) is 2.47. The van der Waals surface area contributed by atoms with Gasteiger partial charge in [0.2, 0.25) is 0 Å². The summed E-state index contributed by atoms with van der Waals surface area (Å²) in [5.74, 6) is 0.889. The Morgan fingerprint density at radius 3 is 2.92 bits per heavy atom. The van der Waals surface area contributed by atoms with E-state index in [4.69, 9.17) is 17.3 Å². The third-order valence-electron chi connectivity index (χ3n) is 1.34. The first-order chi connectivity index (χ1) is 5.74. The molecule has 1 aromatic rings. The van der Waals surface area contributed by atoms with Gasteiger partial charge in [-0.3, -0.25) is 0 Å². The Morgan fingerprint density at radius 1 is 1.58 bits per heavy atom. The van der Waals surface area contributed by atoms with E-state index in [0.29, 0.717) is 10.7 Å². The Morgan fingerprint density at radius 2 is 2.33 bits per heavy atom. The predicted molar refractivity (Wildman–Crippen MR) is 56.8 cm³/mol. The summed E-state index contributed by atoms with van der Waals surface area (Å²) < 4.78 is 0. The lowest BCUT2D eigenvalue weighted by molar-refractivity contribution is 1.46.